The van der Waals surface area contributed by atoms with Gasteiger partial charge in [-0.3, -0.25) is 10.2 Å². The second kappa shape index (κ2) is 9.16. The number of ether oxygens (including phenoxy) is 1. The highest BCUT2D eigenvalue weighted by Crippen LogP contribution is 2.31. The van der Waals surface area contributed by atoms with Gasteiger partial charge in [0.05, 0.1) is 12.7 Å². The van der Waals surface area contributed by atoms with Gasteiger partial charge < -0.3 is 9.30 Å². The van der Waals surface area contributed by atoms with Crippen molar-refractivity contribution in [2.24, 2.45) is 10.1 Å². The second-order valence-electron chi connectivity index (χ2n) is 7.83. The second-order valence-corrected chi connectivity index (χ2v) is 8.87. The van der Waals surface area contributed by atoms with Crippen LogP contribution >= 0.6 is 11.8 Å². The Hall–Kier alpha value is -3.13. The van der Waals surface area contributed by atoms with Crippen LogP contribution < -0.4 is 4.74 Å². The molecule has 0 atom stereocenters. The minimum Gasteiger partial charge on any atom is -0.497 e. The number of unbranched alkanes of at least 4 members (excludes halogenated alkanes) is 2. The van der Waals surface area contributed by atoms with Crippen molar-refractivity contribution in [1.82, 2.24) is 9.58 Å². The number of aliphatic imine (C=N–C) groups is 1. The molecule has 0 spiro atoms. The number of amides is 1. The Morgan fingerprint density at radius 2 is 1.94 bits per heavy atom. The molecular formula is C24H27N5O2S. The minimum atomic E-state index is -0.395. The Balaban J connectivity index is 1.63. The SMILES string of the molecule is CCCCCC1=NN2C(=N)/C(=C\c3cc(C)n(-c4ccc(OC)cc4)c3C)C(=O)N=C2S1. The third-order valence-corrected chi connectivity index (χ3v) is 6.56. The molecule has 1 aromatic heterocycles. The summed E-state index contributed by atoms with van der Waals surface area (Å²) in [5.74, 6) is 0.479. The molecule has 0 unspecified atom stereocenters. The van der Waals surface area contributed by atoms with E-state index < -0.39 is 5.91 Å². The minimum absolute atomic E-state index is 0.0762. The van der Waals surface area contributed by atoms with E-state index in [9.17, 15) is 4.79 Å². The van der Waals surface area contributed by atoms with Crippen molar-refractivity contribution in [3.63, 3.8) is 0 Å². The number of rotatable bonds is 7. The molecule has 166 valence electrons. The van der Waals surface area contributed by atoms with Crippen molar-refractivity contribution < 1.29 is 9.53 Å². The number of aryl methyl sites for hydroxylation is 1. The summed E-state index contributed by atoms with van der Waals surface area (Å²) in [6.07, 6.45) is 5.92. The first-order valence-electron chi connectivity index (χ1n) is 10.8. The van der Waals surface area contributed by atoms with Crippen LogP contribution in [0, 0.1) is 19.3 Å². The van der Waals surface area contributed by atoms with Gasteiger partial charge in [-0.2, -0.15) is 15.1 Å². The van der Waals surface area contributed by atoms with Crippen molar-refractivity contribution in [2.75, 3.05) is 7.11 Å². The molecule has 8 heteroatoms. The third-order valence-electron chi connectivity index (χ3n) is 5.59. The number of carbonyl (C=O) groups is 1. The van der Waals surface area contributed by atoms with E-state index in [-0.39, 0.29) is 11.4 Å². The summed E-state index contributed by atoms with van der Waals surface area (Å²) in [4.78, 5) is 17.0. The Bertz CT molecular complexity index is 1160. The van der Waals surface area contributed by atoms with E-state index in [4.69, 9.17) is 10.1 Å². The van der Waals surface area contributed by atoms with Crippen molar-refractivity contribution >= 4 is 39.8 Å². The topological polar surface area (TPSA) is 83.0 Å². The van der Waals surface area contributed by atoms with Gasteiger partial charge in [0.25, 0.3) is 5.91 Å². The van der Waals surface area contributed by atoms with Gasteiger partial charge in [0, 0.05) is 17.1 Å². The van der Waals surface area contributed by atoms with Crippen molar-refractivity contribution in [1.29, 1.82) is 5.41 Å². The number of methoxy groups -OCH3 is 1. The zero-order chi connectivity index (χ0) is 22.8. The normalized spacial score (nSPS) is 17.0. The highest BCUT2D eigenvalue weighted by atomic mass is 32.2. The van der Waals surface area contributed by atoms with E-state index in [0.29, 0.717) is 5.17 Å². The first kappa shape index (κ1) is 22.1. The van der Waals surface area contributed by atoms with Gasteiger partial charge in [0.15, 0.2) is 5.84 Å². The van der Waals surface area contributed by atoms with E-state index in [1.165, 1.54) is 16.8 Å². The summed E-state index contributed by atoms with van der Waals surface area (Å²) in [7, 11) is 1.65. The van der Waals surface area contributed by atoms with Crippen molar-refractivity contribution in [3.8, 4) is 11.4 Å². The molecule has 32 heavy (non-hydrogen) atoms. The summed E-state index contributed by atoms with van der Waals surface area (Å²) in [5.41, 5.74) is 4.15. The summed E-state index contributed by atoms with van der Waals surface area (Å²) in [6.45, 7) is 6.19. The van der Waals surface area contributed by atoms with E-state index in [1.54, 1.807) is 13.2 Å². The fourth-order valence-corrected chi connectivity index (χ4v) is 4.80. The number of hydrogen-bond acceptors (Lipinski definition) is 5. The number of hydrazone groups is 1. The number of carbonyl (C=O) groups excluding carboxylic acids is 1. The first-order chi connectivity index (χ1) is 15.4. The molecule has 1 N–H and O–H groups in total. The Morgan fingerprint density at radius 3 is 2.62 bits per heavy atom. The number of hydrogen-bond donors (Lipinski definition) is 1. The molecule has 4 rings (SSSR count). The van der Waals surface area contributed by atoms with Crippen LogP contribution in [0.15, 0.2) is 46.0 Å². The maximum absolute atomic E-state index is 12.8. The van der Waals surface area contributed by atoms with Crippen LogP contribution in [0.25, 0.3) is 11.8 Å². The number of thioether (sulfide) groups is 1. The monoisotopic (exact) mass is 449 g/mol. The molecule has 1 amide bonds. The molecule has 7 nitrogen and oxygen atoms in total. The predicted molar refractivity (Wildman–Crippen MR) is 131 cm³/mol. The van der Waals surface area contributed by atoms with Crippen LogP contribution in [-0.4, -0.2) is 38.6 Å². The van der Waals surface area contributed by atoms with Gasteiger partial charge in [0.2, 0.25) is 5.17 Å². The highest BCUT2D eigenvalue weighted by molar-refractivity contribution is 8.26. The van der Waals surface area contributed by atoms with Crippen LogP contribution in [0.4, 0.5) is 0 Å². The number of benzene rings is 1. The smallest absolute Gasteiger partial charge is 0.283 e. The number of nitrogens with zero attached hydrogens (tertiary/aromatic N) is 4. The van der Waals surface area contributed by atoms with E-state index >= 15 is 0 Å². The quantitative estimate of drug-likeness (QED) is 0.459. The van der Waals surface area contributed by atoms with Crippen molar-refractivity contribution in [3.05, 3.63) is 52.9 Å². The molecule has 0 saturated carbocycles. The molecule has 3 heterocycles. The Kier molecular flexibility index (Phi) is 6.32. The van der Waals surface area contributed by atoms with Crippen LogP contribution in [0.3, 0.4) is 0 Å². The molecule has 2 aromatic rings. The molecule has 0 fully saturated rings. The van der Waals surface area contributed by atoms with E-state index in [0.717, 1.165) is 59.1 Å². The fourth-order valence-electron chi connectivity index (χ4n) is 3.88. The lowest BCUT2D eigenvalue weighted by Gasteiger charge is -2.20. The predicted octanol–water partition coefficient (Wildman–Crippen LogP) is 5.30. The van der Waals surface area contributed by atoms with E-state index in [1.807, 2.05) is 44.2 Å². The highest BCUT2D eigenvalue weighted by Gasteiger charge is 2.35. The van der Waals surface area contributed by atoms with Crippen LogP contribution in [0.1, 0.15) is 49.6 Å². The standard InChI is InChI=1S/C24H27N5O2S/c1-5-6-7-8-21-27-29-22(25)20(23(30)26-24(29)32-21)14-17-13-15(2)28(16(17)3)18-9-11-19(31-4)12-10-18/h9-14,25H,5-8H2,1-4H3/b20-14+,25-22?. The molecule has 0 saturated heterocycles. The zero-order valence-electron chi connectivity index (χ0n) is 18.8. The summed E-state index contributed by atoms with van der Waals surface area (Å²) < 4.78 is 7.37. The van der Waals surface area contributed by atoms with Gasteiger partial charge in [-0.05, 0) is 80.4 Å². The van der Waals surface area contributed by atoms with Gasteiger partial charge >= 0.3 is 0 Å². The molecule has 0 radical (unpaired) electrons. The van der Waals surface area contributed by atoms with Crippen molar-refractivity contribution in [2.45, 2.75) is 46.5 Å². The fraction of sp³-hybridized carbons (Fsp3) is 0.333. The molecule has 2 aliphatic heterocycles. The number of amidine groups is 2. The van der Waals surface area contributed by atoms with Gasteiger partial charge in [0.1, 0.15) is 10.8 Å². The zero-order valence-corrected chi connectivity index (χ0v) is 19.6. The van der Waals surface area contributed by atoms with Gasteiger partial charge in [-0.1, -0.05) is 19.8 Å². The maximum atomic E-state index is 12.8. The molecular weight excluding hydrogens is 422 g/mol. The van der Waals surface area contributed by atoms with Crippen LogP contribution in [-0.2, 0) is 4.79 Å². The first-order valence-corrected chi connectivity index (χ1v) is 11.6. The largest absolute Gasteiger partial charge is 0.497 e. The number of nitrogens with one attached hydrogen (secondary N) is 1. The average molecular weight is 450 g/mol. The Morgan fingerprint density at radius 1 is 1.19 bits per heavy atom. The maximum Gasteiger partial charge on any atom is 0.283 e. The summed E-state index contributed by atoms with van der Waals surface area (Å²) in [5, 5.41) is 16.0. The van der Waals surface area contributed by atoms with Crippen LogP contribution in [0.2, 0.25) is 0 Å². The number of fused-ring (bicyclic) bond motifs is 1. The third kappa shape index (κ3) is 4.14. The van der Waals surface area contributed by atoms with Crippen LogP contribution in [0.5, 0.6) is 5.75 Å². The van der Waals surface area contributed by atoms with Gasteiger partial charge in [-0.15, -0.1) is 0 Å². The lowest BCUT2D eigenvalue weighted by molar-refractivity contribution is -0.114. The average Bonchev–Trinajstić information content (AvgIpc) is 3.31. The molecule has 0 aliphatic carbocycles. The molecule has 1 aromatic carbocycles. The summed E-state index contributed by atoms with van der Waals surface area (Å²) in [6, 6.07) is 9.85. The number of aromatic nitrogens is 1. The van der Waals surface area contributed by atoms with Gasteiger partial charge in [-0.25, -0.2) is 0 Å². The van der Waals surface area contributed by atoms with E-state index in [2.05, 4.69) is 21.6 Å². The lowest BCUT2D eigenvalue weighted by atomic mass is 10.1. The molecule has 2 aliphatic rings. The summed E-state index contributed by atoms with van der Waals surface area (Å²) >= 11 is 1.39. The lowest BCUT2D eigenvalue weighted by Crippen LogP contribution is -2.35. The Labute approximate surface area is 192 Å². The molecule has 0 bridgehead atoms.